The zero-order valence-electron chi connectivity index (χ0n) is 15.2. The highest BCUT2D eigenvalue weighted by molar-refractivity contribution is 7.91. The second kappa shape index (κ2) is 7.07. The van der Waals surface area contributed by atoms with Crippen LogP contribution in [0.15, 0.2) is 36.4 Å². The Labute approximate surface area is 154 Å². The lowest BCUT2D eigenvalue weighted by Gasteiger charge is -2.19. The third-order valence-corrected chi connectivity index (χ3v) is 6.30. The molecule has 1 saturated heterocycles. The SMILES string of the molecule is Cc1ccccc1-c1ccc(C(=O)NC2CCS(=O)(=O)C2)c(N(C)C)n1. The molecule has 1 atom stereocenters. The summed E-state index contributed by atoms with van der Waals surface area (Å²) in [5.41, 5.74) is 3.37. The van der Waals surface area contributed by atoms with Gasteiger partial charge in [-0.3, -0.25) is 4.79 Å². The number of hydrogen-bond acceptors (Lipinski definition) is 5. The van der Waals surface area contributed by atoms with Gasteiger partial charge >= 0.3 is 0 Å². The van der Waals surface area contributed by atoms with Crippen LogP contribution in [0.2, 0.25) is 0 Å². The van der Waals surface area contributed by atoms with Gasteiger partial charge in [0, 0.05) is 25.7 Å². The number of rotatable bonds is 4. The third kappa shape index (κ3) is 3.88. The van der Waals surface area contributed by atoms with Crippen molar-refractivity contribution >= 4 is 21.6 Å². The van der Waals surface area contributed by atoms with Gasteiger partial charge in [0.1, 0.15) is 5.82 Å². The smallest absolute Gasteiger partial charge is 0.255 e. The second-order valence-corrected chi connectivity index (χ2v) is 9.08. The molecule has 1 aromatic carbocycles. The van der Waals surface area contributed by atoms with Gasteiger partial charge in [0.25, 0.3) is 5.91 Å². The van der Waals surface area contributed by atoms with Crippen LogP contribution < -0.4 is 10.2 Å². The van der Waals surface area contributed by atoms with E-state index in [1.165, 1.54) is 0 Å². The van der Waals surface area contributed by atoms with Crippen molar-refractivity contribution in [1.29, 1.82) is 0 Å². The van der Waals surface area contributed by atoms with Crippen LogP contribution in [-0.4, -0.2) is 51.0 Å². The molecule has 7 heteroatoms. The Morgan fingerprint density at radius 1 is 1.19 bits per heavy atom. The van der Waals surface area contributed by atoms with Gasteiger partial charge in [-0.05, 0) is 31.0 Å². The third-order valence-electron chi connectivity index (χ3n) is 4.53. The predicted octanol–water partition coefficient (Wildman–Crippen LogP) is 2.04. The van der Waals surface area contributed by atoms with Gasteiger partial charge in [-0.1, -0.05) is 24.3 Å². The molecule has 1 unspecified atom stereocenters. The van der Waals surface area contributed by atoms with Crippen molar-refractivity contribution in [3.63, 3.8) is 0 Å². The first kappa shape index (κ1) is 18.4. The maximum atomic E-state index is 12.7. The molecule has 0 saturated carbocycles. The number of sulfone groups is 1. The molecule has 0 radical (unpaired) electrons. The van der Waals surface area contributed by atoms with E-state index in [4.69, 9.17) is 0 Å². The van der Waals surface area contributed by atoms with Crippen LogP contribution >= 0.6 is 0 Å². The summed E-state index contributed by atoms with van der Waals surface area (Å²) in [5.74, 6) is 0.400. The fourth-order valence-corrected chi connectivity index (χ4v) is 4.82. The lowest BCUT2D eigenvalue weighted by molar-refractivity contribution is 0.0941. The number of benzene rings is 1. The van der Waals surface area contributed by atoms with Crippen molar-refractivity contribution in [3.05, 3.63) is 47.5 Å². The molecule has 1 fully saturated rings. The summed E-state index contributed by atoms with van der Waals surface area (Å²) in [5, 5.41) is 2.83. The number of aromatic nitrogens is 1. The maximum Gasteiger partial charge on any atom is 0.255 e. The molecule has 138 valence electrons. The quantitative estimate of drug-likeness (QED) is 0.887. The fourth-order valence-electron chi connectivity index (χ4n) is 3.15. The van der Waals surface area contributed by atoms with Crippen molar-refractivity contribution < 1.29 is 13.2 Å². The van der Waals surface area contributed by atoms with Crippen molar-refractivity contribution in [2.45, 2.75) is 19.4 Å². The van der Waals surface area contributed by atoms with E-state index < -0.39 is 9.84 Å². The molecule has 1 amide bonds. The Morgan fingerprint density at radius 2 is 1.92 bits per heavy atom. The number of nitrogens with one attached hydrogen (secondary N) is 1. The maximum absolute atomic E-state index is 12.7. The Morgan fingerprint density at radius 3 is 2.54 bits per heavy atom. The Balaban J connectivity index is 1.90. The van der Waals surface area contributed by atoms with E-state index in [1.54, 1.807) is 11.0 Å². The minimum atomic E-state index is -3.04. The largest absolute Gasteiger partial charge is 0.362 e. The molecular weight excluding hydrogens is 350 g/mol. The average Bonchev–Trinajstić information content (AvgIpc) is 2.93. The number of carbonyl (C=O) groups excluding carboxylic acids is 1. The topological polar surface area (TPSA) is 79.4 Å². The van der Waals surface area contributed by atoms with Crippen LogP contribution in [0.4, 0.5) is 5.82 Å². The van der Waals surface area contributed by atoms with Crippen LogP contribution in [-0.2, 0) is 9.84 Å². The van der Waals surface area contributed by atoms with Gasteiger partial charge < -0.3 is 10.2 Å². The fraction of sp³-hybridized carbons (Fsp3) is 0.368. The number of nitrogens with zero attached hydrogens (tertiary/aromatic N) is 2. The number of hydrogen-bond donors (Lipinski definition) is 1. The molecule has 0 aliphatic carbocycles. The van der Waals surface area contributed by atoms with E-state index in [0.29, 0.717) is 17.8 Å². The van der Waals surface area contributed by atoms with E-state index >= 15 is 0 Å². The van der Waals surface area contributed by atoms with Crippen molar-refractivity contribution in [1.82, 2.24) is 10.3 Å². The molecule has 0 bridgehead atoms. The highest BCUT2D eigenvalue weighted by atomic mass is 32.2. The van der Waals surface area contributed by atoms with E-state index in [9.17, 15) is 13.2 Å². The number of pyridine rings is 1. The summed E-state index contributed by atoms with van der Waals surface area (Å²) in [6, 6.07) is 11.2. The minimum Gasteiger partial charge on any atom is -0.362 e. The molecule has 1 aliphatic heterocycles. The molecule has 3 rings (SSSR count). The zero-order chi connectivity index (χ0) is 18.9. The molecule has 2 heterocycles. The summed E-state index contributed by atoms with van der Waals surface area (Å²) in [6.07, 6.45) is 0.458. The molecule has 1 N–H and O–H groups in total. The van der Waals surface area contributed by atoms with Crippen molar-refractivity contribution in [2.75, 3.05) is 30.5 Å². The van der Waals surface area contributed by atoms with E-state index in [2.05, 4.69) is 10.3 Å². The summed E-state index contributed by atoms with van der Waals surface area (Å²) < 4.78 is 23.2. The lowest BCUT2D eigenvalue weighted by Crippen LogP contribution is -2.36. The summed E-state index contributed by atoms with van der Waals surface area (Å²) in [7, 11) is 0.630. The Bertz CT molecular complexity index is 939. The standard InChI is InChI=1S/C19H23N3O3S/c1-13-6-4-5-7-15(13)17-9-8-16(18(21-17)22(2)3)19(23)20-14-10-11-26(24,25)12-14/h4-9,14H,10-12H2,1-3H3,(H,20,23). The van der Waals surface area contributed by atoms with Gasteiger partial charge in [0.2, 0.25) is 0 Å². The molecule has 0 spiro atoms. The average molecular weight is 373 g/mol. The highest BCUT2D eigenvalue weighted by Crippen LogP contribution is 2.26. The molecular formula is C19H23N3O3S. The minimum absolute atomic E-state index is 0.00472. The first-order chi connectivity index (χ1) is 12.3. The number of aryl methyl sites for hydroxylation is 1. The van der Waals surface area contributed by atoms with Crippen LogP contribution in [0.3, 0.4) is 0 Å². The van der Waals surface area contributed by atoms with Crippen molar-refractivity contribution in [3.8, 4) is 11.3 Å². The van der Waals surface area contributed by atoms with E-state index in [-0.39, 0.29) is 23.5 Å². The number of anilines is 1. The van der Waals surface area contributed by atoms with Crippen molar-refractivity contribution in [2.24, 2.45) is 0 Å². The van der Waals surface area contributed by atoms with Gasteiger partial charge in [-0.25, -0.2) is 13.4 Å². The lowest BCUT2D eigenvalue weighted by atomic mass is 10.0. The molecule has 1 aliphatic rings. The van der Waals surface area contributed by atoms with Crippen LogP contribution in [0, 0.1) is 6.92 Å². The second-order valence-electron chi connectivity index (χ2n) is 6.85. The van der Waals surface area contributed by atoms with Gasteiger partial charge in [0.15, 0.2) is 9.84 Å². The monoisotopic (exact) mass is 373 g/mol. The number of amides is 1. The van der Waals surface area contributed by atoms with Gasteiger partial charge in [-0.2, -0.15) is 0 Å². The Hall–Kier alpha value is -2.41. The molecule has 2 aromatic rings. The van der Waals surface area contributed by atoms with Crippen LogP contribution in [0.1, 0.15) is 22.3 Å². The predicted molar refractivity (Wildman–Crippen MR) is 103 cm³/mol. The summed E-state index contributed by atoms with van der Waals surface area (Å²) in [6.45, 7) is 2.02. The van der Waals surface area contributed by atoms with Gasteiger partial charge in [0.05, 0.1) is 22.8 Å². The Kier molecular flexibility index (Phi) is 5.00. The first-order valence-electron chi connectivity index (χ1n) is 8.52. The first-order valence-corrected chi connectivity index (χ1v) is 10.3. The van der Waals surface area contributed by atoms with Crippen LogP contribution in [0.25, 0.3) is 11.3 Å². The highest BCUT2D eigenvalue weighted by Gasteiger charge is 2.30. The summed E-state index contributed by atoms with van der Waals surface area (Å²) >= 11 is 0. The number of carbonyl (C=O) groups is 1. The van der Waals surface area contributed by atoms with Crippen LogP contribution in [0.5, 0.6) is 0 Å². The zero-order valence-corrected chi connectivity index (χ0v) is 16.0. The summed E-state index contributed by atoms with van der Waals surface area (Å²) in [4.78, 5) is 19.1. The van der Waals surface area contributed by atoms with E-state index in [0.717, 1.165) is 16.8 Å². The molecule has 6 nitrogen and oxygen atoms in total. The molecule has 26 heavy (non-hydrogen) atoms. The molecule has 1 aromatic heterocycles. The normalized spacial score (nSPS) is 18.5. The van der Waals surface area contributed by atoms with E-state index in [1.807, 2.05) is 51.4 Å². The van der Waals surface area contributed by atoms with Gasteiger partial charge in [-0.15, -0.1) is 0 Å².